The van der Waals surface area contributed by atoms with Gasteiger partial charge in [-0.3, -0.25) is 0 Å². The molecule has 3 nitrogen and oxygen atoms in total. The summed E-state index contributed by atoms with van der Waals surface area (Å²) in [5.74, 6) is 2.27. The van der Waals surface area contributed by atoms with Crippen LogP contribution in [0.3, 0.4) is 0 Å². The number of hydrogen-bond acceptors (Lipinski definition) is 3. The topological polar surface area (TPSA) is 34.4 Å². The van der Waals surface area contributed by atoms with Gasteiger partial charge in [-0.1, -0.05) is 30.1 Å². The fourth-order valence-electron chi connectivity index (χ4n) is 1.72. The van der Waals surface area contributed by atoms with Gasteiger partial charge in [-0.15, -0.1) is 0 Å². The van der Waals surface area contributed by atoms with Crippen molar-refractivity contribution in [2.75, 3.05) is 6.54 Å². The lowest BCUT2D eigenvalue weighted by atomic mass is 10.3. The van der Waals surface area contributed by atoms with E-state index in [2.05, 4.69) is 12.2 Å². The fraction of sp³-hybridized carbons (Fsp3) is 0.333. The molecule has 108 valence electrons. The first-order valence-electron chi connectivity index (χ1n) is 6.55. The van der Waals surface area contributed by atoms with E-state index < -0.39 is 0 Å². The predicted octanol–water partition coefficient (Wildman–Crippen LogP) is 4.67. The van der Waals surface area contributed by atoms with Crippen molar-refractivity contribution in [3.05, 3.63) is 51.9 Å². The Morgan fingerprint density at radius 2 is 1.95 bits per heavy atom. The third kappa shape index (κ3) is 4.44. The van der Waals surface area contributed by atoms with Gasteiger partial charge < -0.3 is 14.5 Å². The van der Waals surface area contributed by atoms with Gasteiger partial charge in [-0.05, 0) is 43.3 Å². The summed E-state index contributed by atoms with van der Waals surface area (Å²) < 4.78 is 11.3. The van der Waals surface area contributed by atoms with Crippen molar-refractivity contribution in [1.82, 2.24) is 5.32 Å². The maximum atomic E-state index is 6.04. The number of rotatable bonds is 7. The van der Waals surface area contributed by atoms with Crippen LogP contribution in [0.2, 0.25) is 10.0 Å². The van der Waals surface area contributed by atoms with E-state index in [9.17, 15) is 0 Å². The van der Waals surface area contributed by atoms with Crippen molar-refractivity contribution in [1.29, 1.82) is 0 Å². The molecule has 1 aromatic heterocycles. The average molecular weight is 314 g/mol. The van der Waals surface area contributed by atoms with E-state index in [0.717, 1.165) is 31.0 Å². The van der Waals surface area contributed by atoms with Crippen LogP contribution in [-0.4, -0.2) is 6.54 Å². The second-order valence-electron chi connectivity index (χ2n) is 4.41. The lowest BCUT2D eigenvalue weighted by Crippen LogP contribution is -2.13. The Hall–Kier alpha value is -1.16. The van der Waals surface area contributed by atoms with Gasteiger partial charge in [-0.25, -0.2) is 0 Å². The van der Waals surface area contributed by atoms with Gasteiger partial charge in [0.05, 0.1) is 11.6 Å². The molecule has 0 amide bonds. The Kier molecular flexibility index (Phi) is 5.77. The summed E-state index contributed by atoms with van der Waals surface area (Å²) in [5.41, 5.74) is 0. The van der Waals surface area contributed by atoms with Gasteiger partial charge in [0.2, 0.25) is 0 Å². The van der Waals surface area contributed by atoms with Gasteiger partial charge in [-0.2, -0.15) is 0 Å². The van der Waals surface area contributed by atoms with Crippen LogP contribution in [-0.2, 0) is 13.2 Å². The maximum absolute atomic E-state index is 6.04. The molecule has 0 saturated heterocycles. The normalized spacial score (nSPS) is 10.8. The highest BCUT2D eigenvalue weighted by atomic mass is 35.5. The second-order valence-corrected chi connectivity index (χ2v) is 5.25. The maximum Gasteiger partial charge on any atom is 0.146 e. The Balaban J connectivity index is 1.87. The van der Waals surface area contributed by atoms with Crippen LogP contribution in [0.15, 0.2) is 34.7 Å². The minimum atomic E-state index is 0.342. The van der Waals surface area contributed by atoms with Crippen molar-refractivity contribution in [3.63, 3.8) is 0 Å². The van der Waals surface area contributed by atoms with Gasteiger partial charge in [0.1, 0.15) is 23.9 Å². The van der Waals surface area contributed by atoms with Crippen LogP contribution >= 0.6 is 23.2 Å². The van der Waals surface area contributed by atoms with Crippen molar-refractivity contribution in [2.24, 2.45) is 0 Å². The summed E-state index contributed by atoms with van der Waals surface area (Å²) in [6.07, 6.45) is 1.10. The van der Waals surface area contributed by atoms with Crippen LogP contribution in [0.4, 0.5) is 0 Å². The predicted molar refractivity (Wildman–Crippen MR) is 81.5 cm³/mol. The van der Waals surface area contributed by atoms with E-state index in [4.69, 9.17) is 32.4 Å². The number of hydrogen-bond donors (Lipinski definition) is 1. The van der Waals surface area contributed by atoms with Crippen LogP contribution < -0.4 is 10.1 Å². The summed E-state index contributed by atoms with van der Waals surface area (Å²) in [7, 11) is 0. The Bertz CT molecular complexity index is 555. The van der Waals surface area contributed by atoms with E-state index in [1.807, 2.05) is 12.1 Å². The third-order valence-electron chi connectivity index (χ3n) is 2.71. The molecule has 1 N–H and O–H groups in total. The summed E-state index contributed by atoms with van der Waals surface area (Å²) in [5, 5.41) is 4.37. The third-order valence-corrected chi connectivity index (χ3v) is 3.24. The zero-order chi connectivity index (χ0) is 14.4. The average Bonchev–Trinajstić information content (AvgIpc) is 2.86. The lowest BCUT2D eigenvalue weighted by Gasteiger charge is -2.06. The quantitative estimate of drug-likeness (QED) is 0.755. The number of ether oxygens (including phenoxy) is 1. The van der Waals surface area contributed by atoms with Crippen LogP contribution in [0.5, 0.6) is 5.75 Å². The highest BCUT2D eigenvalue weighted by molar-refractivity contribution is 6.35. The number of halogens is 2. The molecular weight excluding hydrogens is 297 g/mol. The fourth-order valence-corrected chi connectivity index (χ4v) is 2.19. The van der Waals surface area contributed by atoms with E-state index in [1.54, 1.807) is 18.2 Å². The van der Waals surface area contributed by atoms with Gasteiger partial charge in [0, 0.05) is 5.02 Å². The highest BCUT2D eigenvalue weighted by Gasteiger charge is 2.06. The molecule has 0 bridgehead atoms. The van der Waals surface area contributed by atoms with Gasteiger partial charge >= 0.3 is 0 Å². The molecule has 2 rings (SSSR count). The van der Waals surface area contributed by atoms with E-state index >= 15 is 0 Å². The molecule has 2 aromatic rings. The molecule has 0 atom stereocenters. The van der Waals surface area contributed by atoms with Crippen LogP contribution in [0, 0.1) is 0 Å². The molecule has 0 radical (unpaired) electrons. The molecule has 0 aliphatic heterocycles. The van der Waals surface area contributed by atoms with Gasteiger partial charge in [0.15, 0.2) is 0 Å². The number of benzene rings is 1. The van der Waals surface area contributed by atoms with Crippen LogP contribution in [0.25, 0.3) is 0 Å². The molecule has 5 heteroatoms. The van der Waals surface area contributed by atoms with Crippen molar-refractivity contribution in [2.45, 2.75) is 26.5 Å². The second kappa shape index (κ2) is 7.58. The molecule has 0 fully saturated rings. The first-order chi connectivity index (χ1) is 9.69. The molecule has 20 heavy (non-hydrogen) atoms. The SMILES string of the molecule is CCCNCc1ccc(COc2ccc(Cl)cc2Cl)o1. The first-order valence-corrected chi connectivity index (χ1v) is 7.30. The van der Waals surface area contributed by atoms with Crippen molar-refractivity contribution >= 4 is 23.2 Å². The molecule has 1 heterocycles. The summed E-state index contributed by atoms with van der Waals surface area (Å²) >= 11 is 11.9. The molecule has 0 aliphatic carbocycles. The highest BCUT2D eigenvalue weighted by Crippen LogP contribution is 2.28. The molecule has 1 aromatic carbocycles. The molecule has 0 unspecified atom stereocenters. The molecular formula is C15H17Cl2NO2. The zero-order valence-corrected chi connectivity index (χ0v) is 12.8. The number of furan rings is 1. The monoisotopic (exact) mass is 313 g/mol. The van der Waals surface area contributed by atoms with Crippen LogP contribution in [0.1, 0.15) is 24.9 Å². The van der Waals surface area contributed by atoms with E-state index in [-0.39, 0.29) is 0 Å². The summed E-state index contributed by atoms with van der Waals surface area (Å²) in [6, 6.07) is 9.00. The first kappa shape index (κ1) is 15.2. The molecule has 0 aliphatic rings. The molecule has 0 spiro atoms. The minimum Gasteiger partial charge on any atom is -0.484 e. The molecule has 0 saturated carbocycles. The largest absolute Gasteiger partial charge is 0.484 e. The summed E-state index contributed by atoms with van der Waals surface area (Å²) in [6.45, 7) is 4.18. The van der Waals surface area contributed by atoms with Crippen molar-refractivity contribution < 1.29 is 9.15 Å². The zero-order valence-electron chi connectivity index (χ0n) is 11.3. The lowest BCUT2D eigenvalue weighted by molar-refractivity contribution is 0.265. The minimum absolute atomic E-state index is 0.342. The standard InChI is InChI=1S/C15H17Cl2NO2/c1-2-7-18-9-12-4-5-13(20-12)10-19-15-6-3-11(16)8-14(15)17/h3-6,8,18H,2,7,9-10H2,1H3. The van der Waals surface area contributed by atoms with Gasteiger partial charge in [0.25, 0.3) is 0 Å². The Labute approximate surface area is 128 Å². The smallest absolute Gasteiger partial charge is 0.146 e. The number of nitrogens with one attached hydrogen (secondary N) is 1. The Morgan fingerprint density at radius 1 is 1.15 bits per heavy atom. The Morgan fingerprint density at radius 3 is 2.70 bits per heavy atom. The van der Waals surface area contributed by atoms with Crippen molar-refractivity contribution in [3.8, 4) is 5.75 Å². The summed E-state index contributed by atoms with van der Waals surface area (Å²) in [4.78, 5) is 0. The van der Waals surface area contributed by atoms with E-state index in [1.165, 1.54) is 0 Å². The van der Waals surface area contributed by atoms with E-state index in [0.29, 0.717) is 22.4 Å².